The molecule has 0 aliphatic heterocycles. The van der Waals surface area contributed by atoms with Gasteiger partial charge in [0.2, 0.25) is 0 Å². The van der Waals surface area contributed by atoms with E-state index in [9.17, 15) is 4.79 Å². The summed E-state index contributed by atoms with van der Waals surface area (Å²) in [5.41, 5.74) is 5.22. The van der Waals surface area contributed by atoms with Gasteiger partial charge in [0.25, 0.3) is 5.91 Å². The zero-order valence-electron chi connectivity index (χ0n) is 8.01. The number of carbonyl (C=O) groups is 1. The predicted molar refractivity (Wildman–Crippen MR) is 56.5 cm³/mol. The average Bonchev–Trinajstić information content (AvgIpc) is 2.86. The number of imidazole rings is 1. The number of carbonyl (C=O) groups excluding carboxylic acids is 1. The first kappa shape index (κ1) is 9.72. The molecule has 0 atom stereocenters. The van der Waals surface area contributed by atoms with Crippen LogP contribution in [0, 0.1) is 0 Å². The molecule has 0 radical (unpaired) electrons. The van der Waals surface area contributed by atoms with E-state index in [2.05, 4.69) is 4.98 Å². The molecule has 0 aliphatic rings. The molecule has 0 spiro atoms. The lowest BCUT2D eigenvalue weighted by Crippen LogP contribution is -2.09. The molecule has 0 aromatic carbocycles. The summed E-state index contributed by atoms with van der Waals surface area (Å²) >= 11 is 1.27. The van der Waals surface area contributed by atoms with Gasteiger partial charge in [0, 0.05) is 18.5 Å². The van der Waals surface area contributed by atoms with E-state index in [1.165, 1.54) is 18.4 Å². The average molecular weight is 223 g/mol. The SMILES string of the molecule is COc1cc(-n2ccnc2)sc1C(N)=O. The van der Waals surface area contributed by atoms with Crippen LogP contribution in [0.15, 0.2) is 24.8 Å². The number of primary amides is 1. The first-order valence-electron chi connectivity index (χ1n) is 4.18. The number of rotatable bonds is 3. The molecule has 5 nitrogen and oxygen atoms in total. The predicted octanol–water partition coefficient (Wildman–Crippen LogP) is 1.04. The number of ether oxygens (including phenoxy) is 1. The molecule has 78 valence electrons. The van der Waals surface area contributed by atoms with Crippen molar-refractivity contribution in [2.45, 2.75) is 0 Å². The number of nitrogens with zero attached hydrogens (tertiary/aromatic N) is 2. The maximum absolute atomic E-state index is 11.1. The summed E-state index contributed by atoms with van der Waals surface area (Å²) in [6.45, 7) is 0. The summed E-state index contributed by atoms with van der Waals surface area (Å²) in [5, 5.41) is 0.846. The first-order chi connectivity index (χ1) is 7.22. The standard InChI is InChI=1S/C9H9N3O2S/c1-14-6-4-7(12-3-2-11-5-12)15-8(6)9(10)13/h2-5H,1H3,(H2,10,13). The number of nitrogens with two attached hydrogens (primary N) is 1. The number of methoxy groups -OCH3 is 1. The summed E-state index contributed by atoms with van der Waals surface area (Å²) in [7, 11) is 1.51. The molecule has 2 rings (SSSR count). The van der Waals surface area contributed by atoms with Crippen LogP contribution in [0.2, 0.25) is 0 Å². The fourth-order valence-electron chi connectivity index (χ4n) is 1.20. The third-order valence-corrected chi connectivity index (χ3v) is 3.03. The Morgan fingerprint density at radius 2 is 2.47 bits per heavy atom. The van der Waals surface area contributed by atoms with Gasteiger partial charge < -0.3 is 10.5 Å². The molecule has 1 amide bonds. The second kappa shape index (κ2) is 3.74. The Morgan fingerprint density at radius 3 is 2.93 bits per heavy atom. The zero-order chi connectivity index (χ0) is 10.8. The Kier molecular flexibility index (Phi) is 2.42. The number of amides is 1. The Morgan fingerprint density at radius 1 is 1.67 bits per heavy atom. The maximum Gasteiger partial charge on any atom is 0.262 e. The van der Waals surface area contributed by atoms with Gasteiger partial charge in [-0.05, 0) is 0 Å². The zero-order valence-corrected chi connectivity index (χ0v) is 8.82. The van der Waals surface area contributed by atoms with E-state index in [0.717, 1.165) is 5.00 Å². The fraction of sp³-hybridized carbons (Fsp3) is 0.111. The minimum absolute atomic E-state index is 0.418. The van der Waals surface area contributed by atoms with Gasteiger partial charge in [0.15, 0.2) is 0 Å². The van der Waals surface area contributed by atoms with Gasteiger partial charge >= 0.3 is 0 Å². The topological polar surface area (TPSA) is 70.1 Å². The van der Waals surface area contributed by atoms with Crippen LogP contribution in [0.4, 0.5) is 0 Å². The summed E-state index contributed by atoms with van der Waals surface area (Å²) in [4.78, 5) is 15.4. The van der Waals surface area contributed by atoms with Crippen molar-refractivity contribution in [1.29, 1.82) is 0 Å². The lowest BCUT2D eigenvalue weighted by atomic mass is 10.4. The first-order valence-corrected chi connectivity index (χ1v) is 5.00. The van der Waals surface area contributed by atoms with E-state index in [-0.39, 0.29) is 0 Å². The monoisotopic (exact) mass is 223 g/mol. The molecule has 2 heterocycles. The van der Waals surface area contributed by atoms with Gasteiger partial charge in [0.05, 0.1) is 13.4 Å². The van der Waals surface area contributed by atoms with Crippen molar-refractivity contribution >= 4 is 17.2 Å². The van der Waals surface area contributed by atoms with E-state index in [0.29, 0.717) is 10.6 Å². The van der Waals surface area contributed by atoms with Crippen LogP contribution in [0.3, 0.4) is 0 Å². The molecule has 0 aliphatic carbocycles. The quantitative estimate of drug-likeness (QED) is 0.845. The van der Waals surface area contributed by atoms with Crippen molar-refractivity contribution in [2.75, 3.05) is 7.11 Å². The number of hydrogen-bond donors (Lipinski definition) is 1. The Hall–Kier alpha value is -1.82. The Balaban J connectivity index is 2.48. The molecule has 6 heteroatoms. The van der Waals surface area contributed by atoms with E-state index in [1.54, 1.807) is 29.4 Å². The minimum Gasteiger partial charge on any atom is -0.495 e. The largest absolute Gasteiger partial charge is 0.495 e. The van der Waals surface area contributed by atoms with Crippen LogP contribution >= 0.6 is 11.3 Å². The van der Waals surface area contributed by atoms with Gasteiger partial charge in [-0.15, -0.1) is 11.3 Å². The van der Waals surface area contributed by atoms with Gasteiger partial charge in [-0.3, -0.25) is 9.36 Å². The third-order valence-electron chi connectivity index (χ3n) is 1.89. The van der Waals surface area contributed by atoms with Gasteiger partial charge in [-0.25, -0.2) is 4.98 Å². The molecule has 0 bridgehead atoms. The van der Waals surface area contributed by atoms with E-state index >= 15 is 0 Å². The van der Waals surface area contributed by atoms with Crippen LogP contribution in [-0.2, 0) is 0 Å². The molecular weight excluding hydrogens is 214 g/mol. The second-order valence-electron chi connectivity index (χ2n) is 2.82. The normalized spacial score (nSPS) is 10.2. The maximum atomic E-state index is 11.1. The molecule has 2 aromatic rings. The fourth-order valence-corrected chi connectivity index (χ4v) is 2.13. The molecule has 2 N–H and O–H groups in total. The smallest absolute Gasteiger partial charge is 0.262 e. The van der Waals surface area contributed by atoms with E-state index in [4.69, 9.17) is 10.5 Å². The highest BCUT2D eigenvalue weighted by Crippen LogP contribution is 2.31. The van der Waals surface area contributed by atoms with Crippen LogP contribution in [0.25, 0.3) is 5.00 Å². The second-order valence-corrected chi connectivity index (χ2v) is 3.85. The molecule has 0 unspecified atom stereocenters. The minimum atomic E-state index is -0.483. The summed E-state index contributed by atoms with van der Waals surface area (Å²) in [5.74, 6) is 0.0133. The summed E-state index contributed by atoms with van der Waals surface area (Å²) in [6, 6.07) is 1.76. The van der Waals surface area contributed by atoms with Crippen LogP contribution < -0.4 is 10.5 Å². The van der Waals surface area contributed by atoms with Crippen molar-refractivity contribution in [3.05, 3.63) is 29.7 Å². The number of thiophene rings is 1. The van der Waals surface area contributed by atoms with Crippen molar-refractivity contribution < 1.29 is 9.53 Å². The van der Waals surface area contributed by atoms with E-state index < -0.39 is 5.91 Å². The number of aromatic nitrogens is 2. The van der Waals surface area contributed by atoms with Crippen LogP contribution in [0.5, 0.6) is 5.75 Å². The highest BCUT2D eigenvalue weighted by Gasteiger charge is 2.14. The molecule has 0 saturated heterocycles. The molecule has 0 fully saturated rings. The Bertz CT molecular complexity index is 476. The highest BCUT2D eigenvalue weighted by molar-refractivity contribution is 7.16. The summed E-state index contributed by atoms with van der Waals surface area (Å²) in [6.07, 6.45) is 5.10. The molecular formula is C9H9N3O2S. The molecule has 2 aromatic heterocycles. The third kappa shape index (κ3) is 1.71. The molecule has 0 saturated carbocycles. The van der Waals surface area contributed by atoms with Crippen LogP contribution in [-0.4, -0.2) is 22.6 Å². The van der Waals surface area contributed by atoms with Gasteiger partial charge in [-0.2, -0.15) is 0 Å². The van der Waals surface area contributed by atoms with Gasteiger partial charge in [0.1, 0.15) is 15.6 Å². The summed E-state index contributed by atoms with van der Waals surface area (Å²) < 4.78 is 6.85. The van der Waals surface area contributed by atoms with Crippen LogP contribution in [0.1, 0.15) is 9.67 Å². The van der Waals surface area contributed by atoms with Gasteiger partial charge in [-0.1, -0.05) is 0 Å². The molecule has 15 heavy (non-hydrogen) atoms. The lowest BCUT2D eigenvalue weighted by molar-refractivity contribution is 0.100. The van der Waals surface area contributed by atoms with E-state index in [1.807, 2.05) is 0 Å². The Labute approximate surface area is 90.1 Å². The van der Waals surface area contributed by atoms with Crippen molar-refractivity contribution in [3.63, 3.8) is 0 Å². The van der Waals surface area contributed by atoms with Crippen molar-refractivity contribution in [1.82, 2.24) is 9.55 Å². The highest BCUT2D eigenvalue weighted by atomic mass is 32.1. The number of hydrogen-bond acceptors (Lipinski definition) is 4. The van der Waals surface area contributed by atoms with Crippen molar-refractivity contribution in [2.24, 2.45) is 5.73 Å². The van der Waals surface area contributed by atoms with Crippen molar-refractivity contribution in [3.8, 4) is 10.8 Å². The lowest BCUT2D eigenvalue weighted by Gasteiger charge is -1.95.